The summed E-state index contributed by atoms with van der Waals surface area (Å²) in [5.41, 5.74) is 3.64. The van der Waals surface area contributed by atoms with Gasteiger partial charge >= 0.3 is 5.97 Å². The fourth-order valence-electron chi connectivity index (χ4n) is 2.52. The average Bonchev–Trinajstić information content (AvgIpc) is 2.78. The zero-order valence-corrected chi connectivity index (χ0v) is 17.0. The van der Waals surface area contributed by atoms with Crippen molar-refractivity contribution in [2.75, 3.05) is 6.54 Å². The Kier molecular flexibility index (Phi) is 7.50. The van der Waals surface area contributed by atoms with Crippen LogP contribution >= 0.6 is 11.6 Å². The van der Waals surface area contributed by atoms with Crippen LogP contribution in [0.5, 0.6) is 5.75 Å². The van der Waals surface area contributed by atoms with Crippen molar-refractivity contribution in [3.8, 4) is 5.75 Å². The van der Waals surface area contributed by atoms with Crippen LogP contribution < -0.4 is 15.5 Å². The van der Waals surface area contributed by atoms with Gasteiger partial charge in [-0.2, -0.15) is 5.10 Å². The van der Waals surface area contributed by atoms with Crippen molar-refractivity contribution in [2.24, 2.45) is 5.10 Å². The van der Waals surface area contributed by atoms with Crippen LogP contribution in [0.25, 0.3) is 0 Å². The first-order valence-corrected chi connectivity index (χ1v) is 9.62. The maximum absolute atomic E-state index is 12.1. The van der Waals surface area contributed by atoms with Crippen LogP contribution in [0, 0.1) is 0 Å². The fraction of sp³-hybridized carbons (Fsp3) is 0.0435. The Hall–Kier alpha value is -3.97. The summed E-state index contributed by atoms with van der Waals surface area (Å²) in [6.07, 6.45) is 1.40. The minimum atomic E-state index is -0.511. The number of amides is 2. The van der Waals surface area contributed by atoms with E-state index in [-0.39, 0.29) is 12.1 Å². The highest BCUT2D eigenvalue weighted by Crippen LogP contribution is 2.15. The molecule has 0 aliphatic rings. The van der Waals surface area contributed by atoms with Gasteiger partial charge in [0, 0.05) is 0 Å². The minimum Gasteiger partial charge on any atom is -0.423 e. The van der Waals surface area contributed by atoms with E-state index in [1.54, 1.807) is 72.8 Å². The molecule has 0 aliphatic carbocycles. The SMILES string of the molecule is O=C(CNC(=O)c1ccccc1Cl)NN=Cc1cccc(OC(=O)c2ccccc2)c1. The summed E-state index contributed by atoms with van der Waals surface area (Å²) >= 11 is 5.95. The second-order valence-electron chi connectivity index (χ2n) is 6.28. The van der Waals surface area contributed by atoms with Crippen molar-refractivity contribution in [3.05, 3.63) is 101 Å². The Morgan fingerprint density at radius 3 is 2.45 bits per heavy atom. The summed E-state index contributed by atoms with van der Waals surface area (Å²) in [6.45, 7) is -0.268. The van der Waals surface area contributed by atoms with E-state index in [1.807, 2.05) is 6.07 Å². The number of carbonyl (C=O) groups is 3. The summed E-state index contributed by atoms with van der Waals surface area (Å²) in [6, 6.07) is 21.8. The topological polar surface area (TPSA) is 96.9 Å². The van der Waals surface area contributed by atoms with Crippen molar-refractivity contribution in [2.45, 2.75) is 0 Å². The molecular weight excluding hydrogens is 418 g/mol. The second kappa shape index (κ2) is 10.7. The molecule has 7 nitrogen and oxygen atoms in total. The molecule has 0 aliphatic heterocycles. The van der Waals surface area contributed by atoms with Crippen LogP contribution in [0.4, 0.5) is 0 Å². The van der Waals surface area contributed by atoms with Gasteiger partial charge in [-0.15, -0.1) is 0 Å². The van der Waals surface area contributed by atoms with Gasteiger partial charge in [-0.1, -0.05) is 54.1 Å². The number of nitrogens with one attached hydrogen (secondary N) is 2. The van der Waals surface area contributed by atoms with Crippen molar-refractivity contribution < 1.29 is 19.1 Å². The van der Waals surface area contributed by atoms with Gasteiger partial charge in [0.05, 0.1) is 28.9 Å². The number of benzene rings is 3. The molecule has 0 spiro atoms. The number of hydrogen-bond acceptors (Lipinski definition) is 5. The van der Waals surface area contributed by atoms with E-state index in [4.69, 9.17) is 16.3 Å². The van der Waals surface area contributed by atoms with E-state index in [0.29, 0.717) is 21.9 Å². The molecule has 0 aromatic heterocycles. The van der Waals surface area contributed by atoms with E-state index in [0.717, 1.165) is 0 Å². The molecule has 0 fully saturated rings. The smallest absolute Gasteiger partial charge is 0.343 e. The largest absolute Gasteiger partial charge is 0.423 e. The molecular formula is C23H18ClN3O4. The molecule has 2 amide bonds. The Labute approximate surface area is 183 Å². The van der Waals surface area contributed by atoms with E-state index >= 15 is 0 Å². The maximum Gasteiger partial charge on any atom is 0.343 e. The van der Waals surface area contributed by atoms with Gasteiger partial charge < -0.3 is 10.1 Å². The first kappa shape index (κ1) is 21.7. The normalized spacial score (nSPS) is 10.5. The Morgan fingerprint density at radius 1 is 0.935 bits per heavy atom. The predicted molar refractivity (Wildman–Crippen MR) is 117 cm³/mol. The van der Waals surface area contributed by atoms with Crippen LogP contribution in [-0.4, -0.2) is 30.5 Å². The summed E-state index contributed by atoms with van der Waals surface area (Å²) in [7, 11) is 0. The highest BCUT2D eigenvalue weighted by atomic mass is 35.5. The molecule has 31 heavy (non-hydrogen) atoms. The summed E-state index contributed by atoms with van der Waals surface area (Å²) in [4.78, 5) is 36.0. The molecule has 3 aromatic carbocycles. The van der Waals surface area contributed by atoms with Crippen LogP contribution in [0.15, 0.2) is 84.0 Å². The molecule has 0 saturated heterocycles. The second-order valence-corrected chi connectivity index (χ2v) is 6.69. The van der Waals surface area contributed by atoms with E-state index in [9.17, 15) is 14.4 Å². The molecule has 3 rings (SSSR count). The van der Waals surface area contributed by atoms with Crippen molar-refractivity contribution in [1.29, 1.82) is 0 Å². The number of rotatable bonds is 7. The molecule has 156 valence electrons. The Balaban J connectivity index is 1.50. The predicted octanol–water partition coefficient (Wildman–Crippen LogP) is 3.44. The average molecular weight is 436 g/mol. The first-order valence-electron chi connectivity index (χ1n) is 9.25. The van der Waals surface area contributed by atoms with Crippen molar-refractivity contribution in [3.63, 3.8) is 0 Å². The molecule has 8 heteroatoms. The van der Waals surface area contributed by atoms with Gasteiger partial charge in [-0.25, -0.2) is 10.2 Å². The molecule has 0 unspecified atom stereocenters. The molecule has 3 aromatic rings. The lowest BCUT2D eigenvalue weighted by Crippen LogP contribution is -2.35. The number of esters is 1. The zero-order valence-electron chi connectivity index (χ0n) is 16.2. The highest BCUT2D eigenvalue weighted by Gasteiger charge is 2.11. The van der Waals surface area contributed by atoms with Crippen molar-refractivity contribution in [1.82, 2.24) is 10.7 Å². The number of ether oxygens (including phenoxy) is 1. The molecule has 0 radical (unpaired) electrons. The third-order valence-electron chi connectivity index (χ3n) is 4.01. The van der Waals surface area contributed by atoms with E-state index in [2.05, 4.69) is 15.8 Å². The summed E-state index contributed by atoms with van der Waals surface area (Å²) < 4.78 is 5.34. The molecule has 0 heterocycles. The minimum absolute atomic E-state index is 0.268. The van der Waals surface area contributed by atoms with Gasteiger partial charge in [-0.05, 0) is 42.0 Å². The summed E-state index contributed by atoms with van der Waals surface area (Å²) in [5.74, 6) is -1.10. The number of hydrogen-bond donors (Lipinski definition) is 2. The van der Waals surface area contributed by atoms with E-state index in [1.165, 1.54) is 6.21 Å². The third kappa shape index (κ3) is 6.52. The van der Waals surface area contributed by atoms with Gasteiger partial charge in [0.1, 0.15) is 5.75 Å². The Morgan fingerprint density at radius 2 is 1.68 bits per heavy atom. The lowest BCUT2D eigenvalue weighted by Gasteiger charge is -2.06. The van der Waals surface area contributed by atoms with Gasteiger partial charge in [0.2, 0.25) is 0 Å². The number of nitrogens with zero attached hydrogens (tertiary/aromatic N) is 1. The molecule has 0 bridgehead atoms. The number of halogens is 1. The van der Waals surface area contributed by atoms with Crippen LogP contribution in [-0.2, 0) is 4.79 Å². The fourth-order valence-corrected chi connectivity index (χ4v) is 2.74. The van der Waals surface area contributed by atoms with E-state index < -0.39 is 17.8 Å². The lowest BCUT2D eigenvalue weighted by atomic mass is 10.2. The first-order chi connectivity index (χ1) is 15.0. The molecule has 0 saturated carbocycles. The number of hydrazone groups is 1. The van der Waals surface area contributed by atoms with Gasteiger partial charge in [0.15, 0.2) is 0 Å². The monoisotopic (exact) mass is 435 g/mol. The maximum atomic E-state index is 12.1. The molecule has 2 N–H and O–H groups in total. The van der Waals surface area contributed by atoms with Crippen LogP contribution in [0.2, 0.25) is 5.02 Å². The van der Waals surface area contributed by atoms with Crippen molar-refractivity contribution >= 4 is 35.6 Å². The molecule has 0 atom stereocenters. The quantitative estimate of drug-likeness (QED) is 0.257. The third-order valence-corrected chi connectivity index (χ3v) is 4.34. The van der Waals surface area contributed by atoms with Gasteiger partial charge in [0.25, 0.3) is 11.8 Å². The standard InChI is InChI=1S/C23H18ClN3O4/c24-20-12-5-4-11-19(20)22(29)25-15-21(28)27-26-14-16-7-6-10-18(13-16)31-23(30)17-8-2-1-3-9-17/h1-14H,15H2,(H,25,29)(H,27,28). The highest BCUT2D eigenvalue weighted by molar-refractivity contribution is 6.33. The Bertz CT molecular complexity index is 1120. The number of carbonyl (C=O) groups excluding carboxylic acids is 3. The van der Waals surface area contributed by atoms with Crippen LogP contribution in [0.3, 0.4) is 0 Å². The van der Waals surface area contributed by atoms with Gasteiger partial charge in [-0.3, -0.25) is 9.59 Å². The lowest BCUT2D eigenvalue weighted by molar-refractivity contribution is -0.120. The van der Waals surface area contributed by atoms with Crippen LogP contribution in [0.1, 0.15) is 26.3 Å². The zero-order chi connectivity index (χ0) is 22.1. The summed E-state index contributed by atoms with van der Waals surface area (Å²) in [5, 5.41) is 6.61.